The van der Waals surface area contributed by atoms with Gasteiger partial charge in [-0.1, -0.05) is 41.4 Å². The Morgan fingerprint density at radius 3 is 2.59 bits per heavy atom. The molecule has 0 radical (unpaired) electrons. The van der Waals surface area contributed by atoms with Crippen LogP contribution in [0.25, 0.3) is 6.08 Å². The lowest BCUT2D eigenvalue weighted by molar-refractivity contribution is -0.112. The maximum Gasteiger partial charge on any atom is 0.266 e. The average Bonchev–Trinajstić information content (AvgIpc) is 2.49. The molecule has 2 aromatic carbocycles. The molecule has 0 fully saturated rings. The molecule has 0 heterocycles. The fraction of sp³-hybridized carbons (Fsp3) is 0. The molecule has 2 aromatic rings. The highest BCUT2D eigenvalue weighted by Crippen LogP contribution is 2.26. The number of nitrogens with one attached hydrogen (secondary N) is 1. The number of anilines is 1. The van der Waals surface area contributed by atoms with E-state index in [1.54, 1.807) is 30.3 Å². The van der Waals surface area contributed by atoms with Gasteiger partial charge in [0, 0.05) is 10.6 Å². The predicted molar refractivity (Wildman–Crippen MR) is 86.8 cm³/mol. The van der Waals surface area contributed by atoms with E-state index in [0.717, 1.165) is 0 Å². The zero-order chi connectivity index (χ0) is 16.1. The number of halogens is 2. The van der Waals surface area contributed by atoms with Crippen LogP contribution in [-0.4, -0.2) is 11.0 Å². The van der Waals surface area contributed by atoms with Crippen molar-refractivity contribution in [1.29, 1.82) is 5.26 Å². The van der Waals surface area contributed by atoms with E-state index in [1.807, 2.05) is 0 Å². The van der Waals surface area contributed by atoms with Crippen LogP contribution in [-0.2, 0) is 4.79 Å². The number of carbonyl (C=O) groups excluding carboxylic acids is 1. The first kappa shape index (κ1) is 15.9. The largest absolute Gasteiger partial charge is 0.507 e. The monoisotopic (exact) mass is 332 g/mol. The van der Waals surface area contributed by atoms with Gasteiger partial charge in [0.25, 0.3) is 5.91 Å². The molecular weight excluding hydrogens is 323 g/mol. The third-order valence-corrected chi connectivity index (χ3v) is 3.33. The van der Waals surface area contributed by atoms with Crippen LogP contribution in [0.4, 0.5) is 5.69 Å². The first-order chi connectivity index (χ1) is 10.5. The number of rotatable bonds is 3. The summed E-state index contributed by atoms with van der Waals surface area (Å²) in [4.78, 5) is 12.1. The summed E-state index contributed by atoms with van der Waals surface area (Å²) in [5, 5.41) is 22.0. The Kier molecular flexibility index (Phi) is 5.05. The van der Waals surface area contributed by atoms with Crippen LogP contribution < -0.4 is 5.32 Å². The molecule has 0 aliphatic heterocycles. The topological polar surface area (TPSA) is 73.1 Å². The molecule has 22 heavy (non-hydrogen) atoms. The summed E-state index contributed by atoms with van der Waals surface area (Å²) in [6, 6.07) is 12.8. The first-order valence-electron chi connectivity index (χ1n) is 6.17. The number of nitriles is 1. The second-order valence-corrected chi connectivity index (χ2v) is 5.15. The summed E-state index contributed by atoms with van der Waals surface area (Å²) in [5.74, 6) is -0.650. The molecule has 1 amide bonds. The highest BCUT2D eigenvalue weighted by atomic mass is 35.5. The quantitative estimate of drug-likeness (QED) is 0.652. The van der Waals surface area contributed by atoms with Crippen molar-refractivity contribution in [1.82, 2.24) is 0 Å². The zero-order valence-corrected chi connectivity index (χ0v) is 12.7. The minimum atomic E-state index is -0.630. The molecule has 0 aliphatic carbocycles. The molecule has 2 N–H and O–H groups in total. The second-order valence-electron chi connectivity index (χ2n) is 4.31. The number of aromatic hydroxyl groups is 1. The maximum absolute atomic E-state index is 12.1. The number of hydrogen-bond donors (Lipinski definition) is 2. The van der Waals surface area contributed by atoms with Crippen LogP contribution in [0.1, 0.15) is 5.56 Å². The van der Waals surface area contributed by atoms with Gasteiger partial charge < -0.3 is 10.4 Å². The Morgan fingerprint density at radius 1 is 1.23 bits per heavy atom. The van der Waals surface area contributed by atoms with Gasteiger partial charge in [0.2, 0.25) is 0 Å². The molecule has 0 saturated heterocycles. The lowest BCUT2D eigenvalue weighted by Gasteiger charge is -2.07. The van der Waals surface area contributed by atoms with Crippen molar-refractivity contribution in [3.8, 4) is 11.8 Å². The molecule has 0 aliphatic rings. The lowest BCUT2D eigenvalue weighted by atomic mass is 10.1. The third-order valence-electron chi connectivity index (χ3n) is 2.78. The highest BCUT2D eigenvalue weighted by Gasteiger charge is 2.12. The van der Waals surface area contributed by atoms with E-state index in [1.165, 1.54) is 24.3 Å². The normalized spacial score (nSPS) is 10.9. The molecule has 2 rings (SSSR count). The van der Waals surface area contributed by atoms with Crippen molar-refractivity contribution in [2.75, 3.05) is 5.32 Å². The zero-order valence-electron chi connectivity index (χ0n) is 11.2. The molecule has 0 aromatic heterocycles. The molecule has 0 bridgehead atoms. The van der Waals surface area contributed by atoms with Gasteiger partial charge in [0.1, 0.15) is 17.4 Å². The number of phenolic OH excluding ortho intramolecular Hbond substituents is 1. The SMILES string of the molecule is N#CC(=Cc1ccccc1O)C(=O)Nc1ccc(Cl)cc1Cl. The standard InChI is InChI=1S/C16H10Cl2N2O2/c17-12-5-6-14(13(18)8-12)20-16(22)11(9-19)7-10-3-1-2-4-15(10)21/h1-8,21H,(H,20,22). The highest BCUT2D eigenvalue weighted by molar-refractivity contribution is 6.36. The van der Waals surface area contributed by atoms with Gasteiger partial charge in [-0.05, 0) is 30.3 Å². The van der Waals surface area contributed by atoms with Gasteiger partial charge in [0.15, 0.2) is 0 Å². The number of hydrogen-bond acceptors (Lipinski definition) is 3. The van der Waals surface area contributed by atoms with E-state index in [4.69, 9.17) is 28.5 Å². The number of nitrogens with zero attached hydrogens (tertiary/aromatic N) is 1. The van der Waals surface area contributed by atoms with Crippen LogP contribution in [0.5, 0.6) is 5.75 Å². The van der Waals surface area contributed by atoms with Crippen LogP contribution in [0.15, 0.2) is 48.0 Å². The molecule has 0 spiro atoms. The summed E-state index contributed by atoms with van der Waals surface area (Å²) < 4.78 is 0. The Balaban J connectivity index is 2.27. The van der Waals surface area contributed by atoms with Crippen molar-refractivity contribution in [2.24, 2.45) is 0 Å². The van der Waals surface area contributed by atoms with Crippen LogP contribution in [0, 0.1) is 11.3 Å². The van der Waals surface area contributed by atoms with Gasteiger partial charge in [-0.15, -0.1) is 0 Å². The maximum atomic E-state index is 12.1. The summed E-state index contributed by atoms with van der Waals surface area (Å²) >= 11 is 11.7. The van der Waals surface area contributed by atoms with E-state index >= 15 is 0 Å². The van der Waals surface area contributed by atoms with Crippen molar-refractivity contribution >= 4 is 40.9 Å². The van der Waals surface area contributed by atoms with Crippen molar-refractivity contribution in [2.45, 2.75) is 0 Å². The number of carbonyl (C=O) groups is 1. The Hall–Kier alpha value is -2.48. The number of phenols is 1. The van der Waals surface area contributed by atoms with E-state index in [0.29, 0.717) is 16.3 Å². The first-order valence-corrected chi connectivity index (χ1v) is 6.93. The van der Waals surface area contributed by atoms with Gasteiger partial charge in [0.05, 0.1) is 10.7 Å². The average molecular weight is 333 g/mol. The smallest absolute Gasteiger partial charge is 0.266 e. The molecule has 110 valence electrons. The summed E-state index contributed by atoms with van der Waals surface area (Å²) in [7, 11) is 0. The minimum absolute atomic E-state index is 0.0208. The molecule has 4 nitrogen and oxygen atoms in total. The molecule has 6 heteroatoms. The van der Waals surface area contributed by atoms with E-state index < -0.39 is 5.91 Å². The summed E-state index contributed by atoms with van der Waals surface area (Å²) in [6.45, 7) is 0. The Bertz CT molecular complexity index is 795. The Morgan fingerprint density at radius 2 is 1.95 bits per heavy atom. The van der Waals surface area contributed by atoms with Gasteiger partial charge in [-0.25, -0.2) is 0 Å². The fourth-order valence-electron chi connectivity index (χ4n) is 1.69. The fourth-order valence-corrected chi connectivity index (χ4v) is 2.15. The van der Waals surface area contributed by atoms with Gasteiger partial charge in [-0.2, -0.15) is 5.26 Å². The van der Waals surface area contributed by atoms with E-state index in [-0.39, 0.29) is 16.3 Å². The van der Waals surface area contributed by atoms with E-state index in [9.17, 15) is 9.90 Å². The minimum Gasteiger partial charge on any atom is -0.507 e. The molecule has 0 unspecified atom stereocenters. The second kappa shape index (κ2) is 6.99. The number of benzene rings is 2. The van der Waals surface area contributed by atoms with Crippen molar-refractivity contribution < 1.29 is 9.90 Å². The summed E-state index contributed by atoms with van der Waals surface area (Å²) in [6.07, 6.45) is 1.30. The van der Waals surface area contributed by atoms with Crippen molar-refractivity contribution in [3.05, 3.63) is 63.6 Å². The summed E-state index contributed by atoms with van der Waals surface area (Å²) in [5.41, 5.74) is 0.554. The third kappa shape index (κ3) is 3.79. The molecular formula is C16H10Cl2N2O2. The predicted octanol–water partition coefficient (Wildman–Crippen LogP) is 4.24. The Labute approximate surface area is 137 Å². The van der Waals surface area contributed by atoms with E-state index in [2.05, 4.69) is 5.32 Å². The number of para-hydroxylation sites is 1. The number of amides is 1. The van der Waals surface area contributed by atoms with Crippen LogP contribution >= 0.6 is 23.2 Å². The van der Waals surface area contributed by atoms with Crippen molar-refractivity contribution in [3.63, 3.8) is 0 Å². The molecule has 0 atom stereocenters. The van der Waals surface area contributed by atoms with Gasteiger partial charge in [-0.3, -0.25) is 4.79 Å². The van der Waals surface area contributed by atoms with Crippen LogP contribution in [0.2, 0.25) is 10.0 Å². The van der Waals surface area contributed by atoms with Gasteiger partial charge >= 0.3 is 0 Å². The molecule has 0 saturated carbocycles. The van der Waals surface area contributed by atoms with Crippen LogP contribution in [0.3, 0.4) is 0 Å². The lowest BCUT2D eigenvalue weighted by Crippen LogP contribution is -2.13.